The van der Waals surface area contributed by atoms with Crippen LogP contribution in [0.1, 0.15) is 23.2 Å². The molecule has 2 N–H and O–H groups in total. The lowest BCUT2D eigenvalue weighted by Gasteiger charge is -2.06. The Kier molecular flexibility index (Phi) is 3.74. The highest BCUT2D eigenvalue weighted by atomic mass is 35.5. The number of carbonyl (C=O) groups excluding carboxylic acids is 1. The summed E-state index contributed by atoms with van der Waals surface area (Å²) in [6.07, 6.45) is 5.54. The first-order valence-electron chi connectivity index (χ1n) is 5.38. The second-order valence-corrected chi connectivity index (χ2v) is 4.25. The molecule has 1 aromatic heterocycles. The largest absolute Gasteiger partial charge is 0.351 e. The fourth-order valence-electron chi connectivity index (χ4n) is 1.39. The number of halogens is 1. The molecule has 0 aromatic carbocycles. The highest BCUT2D eigenvalue weighted by molar-refractivity contribution is 6.33. The van der Waals surface area contributed by atoms with E-state index in [0.717, 1.165) is 6.54 Å². The van der Waals surface area contributed by atoms with Gasteiger partial charge in [-0.2, -0.15) is 0 Å². The van der Waals surface area contributed by atoms with Gasteiger partial charge in [-0.25, -0.2) is 0 Å². The first kappa shape index (κ1) is 11.4. The van der Waals surface area contributed by atoms with E-state index in [-0.39, 0.29) is 5.91 Å². The van der Waals surface area contributed by atoms with Crippen LogP contribution in [-0.2, 0) is 0 Å². The number of carbonyl (C=O) groups is 1. The van der Waals surface area contributed by atoms with E-state index in [2.05, 4.69) is 15.6 Å². The standard InChI is InChI=1S/C11H14ClN3O/c12-10-7-13-4-3-9(10)11(16)15-6-5-14-8-1-2-8/h3-4,7-8,14H,1-2,5-6H2,(H,15,16). The molecule has 5 heteroatoms. The van der Waals surface area contributed by atoms with Gasteiger partial charge in [0, 0.05) is 31.5 Å². The molecule has 1 fully saturated rings. The minimum atomic E-state index is -0.148. The quantitative estimate of drug-likeness (QED) is 0.760. The molecule has 0 saturated heterocycles. The van der Waals surface area contributed by atoms with Gasteiger partial charge in [-0.15, -0.1) is 0 Å². The van der Waals surface area contributed by atoms with Gasteiger partial charge in [0.05, 0.1) is 10.6 Å². The van der Waals surface area contributed by atoms with Crippen molar-refractivity contribution in [2.45, 2.75) is 18.9 Å². The minimum absolute atomic E-state index is 0.148. The second kappa shape index (κ2) is 5.27. The minimum Gasteiger partial charge on any atom is -0.351 e. The molecule has 1 aliphatic rings. The number of nitrogens with zero attached hydrogens (tertiary/aromatic N) is 1. The van der Waals surface area contributed by atoms with Crippen molar-refractivity contribution in [3.8, 4) is 0 Å². The Morgan fingerprint density at radius 3 is 3.00 bits per heavy atom. The molecule has 1 aliphatic carbocycles. The number of hydrogen-bond donors (Lipinski definition) is 2. The maximum atomic E-state index is 11.7. The van der Waals surface area contributed by atoms with Crippen LogP contribution in [0.2, 0.25) is 5.02 Å². The predicted octanol–water partition coefficient (Wildman–Crippen LogP) is 1.22. The molecule has 1 aromatic rings. The Morgan fingerprint density at radius 1 is 1.50 bits per heavy atom. The van der Waals surface area contributed by atoms with E-state index in [0.29, 0.717) is 23.2 Å². The van der Waals surface area contributed by atoms with Crippen LogP contribution in [0.5, 0.6) is 0 Å². The fraction of sp³-hybridized carbons (Fsp3) is 0.455. The van der Waals surface area contributed by atoms with E-state index in [9.17, 15) is 4.79 Å². The first-order chi connectivity index (χ1) is 7.77. The van der Waals surface area contributed by atoms with E-state index in [1.165, 1.54) is 19.0 Å². The zero-order chi connectivity index (χ0) is 11.4. The zero-order valence-electron chi connectivity index (χ0n) is 8.87. The number of aromatic nitrogens is 1. The Balaban J connectivity index is 1.76. The Bertz CT molecular complexity index is 379. The van der Waals surface area contributed by atoms with E-state index < -0.39 is 0 Å². The maximum absolute atomic E-state index is 11.7. The SMILES string of the molecule is O=C(NCCNC1CC1)c1ccncc1Cl. The van der Waals surface area contributed by atoms with Gasteiger partial charge in [-0.3, -0.25) is 9.78 Å². The summed E-state index contributed by atoms with van der Waals surface area (Å²) in [4.78, 5) is 15.5. The lowest BCUT2D eigenvalue weighted by atomic mass is 10.2. The molecule has 0 radical (unpaired) electrons. The average molecular weight is 240 g/mol. The molecule has 4 nitrogen and oxygen atoms in total. The average Bonchev–Trinajstić information content (AvgIpc) is 3.08. The van der Waals surface area contributed by atoms with Crippen LogP contribution < -0.4 is 10.6 Å². The van der Waals surface area contributed by atoms with Crippen LogP contribution in [-0.4, -0.2) is 30.0 Å². The van der Waals surface area contributed by atoms with Gasteiger partial charge in [0.1, 0.15) is 0 Å². The summed E-state index contributed by atoms with van der Waals surface area (Å²) in [5.41, 5.74) is 0.475. The lowest BCUT2D eigenvalue weighted by molar-refractivity contribution is 0.0954. The highest BCUT2D eigenvalue weighted by Crippen LogP contribution is 2.17. The molecule has 0 unspecified atom stereocenters. The smallest absolute Gasteiger partial charge is 0.252 e. The summed E-state index contributed by atoms with van der Waals surface area (Å²) in [6.45, 7) is 1.42. The first-order valence-corrected chi connectivity index (χ1v) is 5.76. The third kappa shape index (κ3) is 3.18. The number of amides is 1. The highest BCUT2D eigenvalue weighted by Gasteiger charge is 2.19. The van der Waals surface area contributed by atoms with Crippen molar-refractivity contribution in [1.29, 1.82) is 0 Å². The third-order valence-corrected chi connectivity index (χ3v) is 2.74. The molecular weight excluding hydrogens is 226 g/mol. The van der Waals surface area contributed by atoms with E-state index in [1.54, 1.807) is 12.3 Å². The number of nitrogens with one attached hydrogen (secondary N) is 2. The maximum Gasteiger partial charge on any atom is 0.252 e. The molecular formula is C11H14ClN3O. The molecule has 86 valence electrons. The molecule has 16 heavy (non-hydrogen) atoms. The van der Waals surface area contributed by atoms with Gasteiger partial charge >= 0.3 is 0 Å². The van der Waals surface area contributed by atoms with Crippen LogP contribution in [0.4, 0.5) is 0 Å². The summed E-state index contributed by atoms with van der Waals surface area (Å²) in [5.74, 6) is -0.148. The lowest BCUT2D eigenvalue weighted by Crippen LogP contribution is -2.32. The number of hydrogen-bond acceptors (Lipinski definition) is 3. The Labute approximate surface area is 99.4 Å². The van der Waals surface area contributed by atoms with Gasteiger partial charge in [0.25, 0.3) is 5.91 Å². The summed E-state index contributed by atoms with van der Waals surface area (Å²) in [7, 11) is 0. The van der Waals surface area contributed by atoms with Crippen molar-refractivity contribution in [2.75, 3.05) is 13.1 Å². The topological polar surface area (TPSA) is 54.0 Å². The molecule has 0 aliphatic heterocycles. The summed E-state index contributed by atoms with van der Waals surface area (Å²) < 4.78 is 0. The van der Waals surface area contributed by atoms with Gasteiger partial charge in [-0.1, -0.05) is 11.6 Å². The number of rotatable bonds is 5. The van der Waals surface area contributed by atoms with E-state index in [4.69, 9.17) is 11.6 Å². The van der Waals surface area contributed by atoms with Crippen LogP contribution in [0.25, 0.3) is 0 Å². The molecule has 0 atom stereocenters. The molecule has 0 spiro atoms. The van der Waals surface area contributed by atoms with Crippen LogP contribution in [0, 0.1) is 0 Å². The van der Waals surface area contributed by atoms with Crippen molar-refractivity contribution < 1.29 is 4.79 Å². The van der Waals surface area contributed by atoms with Gasteiger partial charge < -0.3 is 10.6 Å². The molecule has 0 bridgehead atoms. The van der Waals surface area contributed by atoms with Crippen molar-refractivity contribution in [3.05, 3.63) is 29.0 Å². The monoisotopic (exact) mass is 239 g/mol. The summed E-state index contributed by atoms with van der Waals surface area (Å²) >= 11 is 5.85. The van der Waals surface area contributed by atoms with Gasteiger partial charge in [-0.05, 0) is 18.9 Å². The predicted molar refractivity (Wildman–Crippen MR) is 62.6 cm³/mol. The van der Waals surface area contributed by atoms with Crippen LogP contribution in [0.3, 0.4) is 0 Å². The third-order valence-electron chi connectivity index (χ3n) is 2.44. The normalized spacial score (nSPS) is 14.8. The van der Waals surface area contributed by atoms with E-state index >= 15 is 0 Å². The van der Waals surface area contributed by atoms with Crippen LogP contribution >= 0.6 is 11.6 Å². The van der Waals surface area contributed by atoms with Crippen molar-refractivity contribution in [3.63, 3.8) is 0 Å². The molecule has 1 amide bonds. The molecule has 1 saturated carbocycles. The van der Waals surface area contributed by atoms with E-state index in [1.807, 2.05) is 0 Å². The number of pyridine rings is 1. The Hall–Kier alpha value is -1.13. The zero-order valence-corrected chi connectivity index (χ0v) is 9.63. The summed E-state index contributed by atoms with van der Waals surface area (Å²) in [5, 5.41) is 6.51. The van der Waals surface area contributed by atoms with Crippen molar-refractivity contribution >= 4 is 17.5 Å². The second-order valence-electron chi connectivity index (χ2n) is 3.84. The van der Waals surface area contributed by atoms with Gasteiger partial charge in [0.15, 0.2) is 0 Å². The Morgan fingerprint density at radius 2 is 2.31 bits per heavy atom. The summed E-state index contributed by atoms with van der Waals surface area (Å²) in [6, 6.07) is 2.29. The molecule has 2 rings (SSSR count). The molecule has 1 heterocycles. The van der Waals surface area contributed by atoms with Gasteiger partial charge in [0.2, 0.25) is 0 Å². The van der Waals surface area contributed by atoms with Crippen LogP contribution in [0.15, 0.2) is 18.5 Å². The fourth-order valence-corrected chi connectivity index (χ4v) is 1.60. The van der Waals surface area contributed by atoms with Crippen molar-refractivity contribution in [2.24, 2.45) is 0 Å². The van der Waals surface area contributed by atoms with Crippen molar-refractivity contribution in [1.82, 2.24) is 15.6 Å².